The lowest BCUT2D eigenvalue weighted by Gasteiger charge is -2.11. The minimum atomic E-state index is -3.59. The summed E-state index contributed by atoms with van der Waals surface area (Å²) in [5.74, 6) is -1.65. The summed E-state index contributed by atoms with van der Waals surface area (Å²) in [6, 6.07) is 5.03. The van der Waals surface area contributed by atoms with Crippen LogP contribution in [-0.4, -0.2) is 66.0 Å². The van der Waals surface area contributed by atoms with Gasteiger partial charge in [0.15, 0.2) is 5.84 Å². The van der Waals surface area contributed by atoms with Crippen LogP contribution in [0.3, 0.4) is 0 Å². The van der Waals surface area contributed by atoms with E-state index in [-0.39, 0.29) is 17.5 Å². The third kappa shape index (κ3) is 11.9. The summed E-state index contributed by atoms with van der Waals surface area (Å²) < 4.78 is 24.3. The van der Waals surface area contributed by atoms with Crippen molar-refractivity contribution in [2.75, 3.05) is 12.4 Å². The molecule has 13 heteroatoms. The van der Waals surface area contributed by atoms with Crippen LogP contribution in [-0.2, 0) is 26.2 Å². The standard InChI is InChI=1S/C11H16N4O2.C7H15NO5S/c1-7(12)11(16)14-6-8-2-4-9(5-3-8)10(13)15-17;1-2-3-4-14(12,13)8-6(5-9)7(10)11/h2-5,7,17H,6,12H2,1H3,(H2,13,15)(H,14,16);6,8-9H,2-5H2,1H3,(H,10,11)/t7-;6-/m01/s1. The number of hydrogen-bond donors (Lipinski definition) is 7. The van der Waals surface area contributed by atoms with E-state index >= 15 is 0 Å². The van der Waals surface area contributed by atoms with Gasteiger partial charge in [-0.2, -0.15) is 4.72 Å². The average molecular weight is 462 g/mol. The summed E-state index contributed by atoms with van der Waals surface area (Å²) in [4.78, 5) is 21.6. The monoisotopic (exact) mass is 461 g/mol. The van der Waals surface area contributed by atoms with Gasteiger partial charge in [-0.15, -0.1) is 0 Å². The third-order valence-corrected chi connectivity index (χ3v) is 5.28. The number of aliphatic hydroxyl groups is 1. The number of carboxylic acid groups (broad SMARTS) is 1. The van der Waals surface area contributed by atoms with Crippen LogP contribution in [0, 0.1) is 0 Å². The fraction of sp³-hybridized carbons (Fsp3) is 0.500. The number of oxime groups is 1. The largest absolute Gasteiger partial charge is 0.480 e. The number of carbonyl (C=O) groups is 2. The Morgan fingerprint density at radius 2 is 1.81 bits per heavy atom. The van der Waals surface area contributed by atoms with E-state index in [2.05, 4.69) is 10.5 Å². The van der Waals surface area contributed by atoms with Crippen molar-refractivity contribution in [2.45, 2.75) is 45.3 Å². The van der Waals surface area contributed by atoms with Crippen LogP contribution in [0.4, 0.5) is 0 Å². The minimum Gasteiger partial charge on any atom is -0.480 e. The van der Waals surface area contributed by atoms with E-state index in [0.717, 1.165) is 5.56 Å². The molecule has 0 heterocycles. The van der Waals surface area contributed by atoms with Crippen molar-refractivity contribution in [3.8, 4) is 0 Å². The summed E-state index contributed by atoms with van der Waals surface area (Å²) in [6.45, 7) is 3.10. The molecule has 1 aromatic carbocycles. The van der Waals surface area contributed by atoms with Crippen LogP contribution >= 0.6 is 0 Å². The third-order valence-electron chi connectivity index (χ3n) is 3.81. The molecule has 0 bridgehead atoms. The zero-order valence-corrected chi connectivity index (χ0v) is 18.3. The van der Waals surface area contributed by atoms with Crippen molar-refractivity contribution in [3.05, 3.63) is 35.4 Å². The molecule has 176 valence electrons. The number of amides is 1. The second kappa shape index (κ2) is 14.3. The minimum absolute atomic E-state index is 0.0520. The quantitative estimate of drug-likeness (QED) is 0.0918. The molecule has 1 aromatic rings. The molecule has 1 amide bonds. The molecule has 0 aliphatic heterocycles. The fourth-order valence-electron chi connectivity index (χ4n) is 1.98. The van der Waals surface area contributed by atoms with Gasteiger partial charge in [-0.1, -0.05) is 42.8 Å². The number of amidine groups is 1. The number of carboxylic acids is 1. The molecule has 0 fully saturated rings. The highest BCUT2D eigenvalue weighted by Gasteiger charge is 2.22. The Balaban J connectivity index is 0.000000594. The van der Waals surface area contributed by atoms with E-state index in [1.807, 2.05) is 11.6 Å². The van der Waals surface area contributed by atoms with Gasteiger partial charge < -0.3 is 32.2 Å². The number of rotatable bonds is 11. The van der Waals surface area contributed by atoms with Gasteiger partial charge in [-0.05, 0) is 18.9 Å². The molecular formula is C18H31N5O7S. The van der Waals surface area contributed by atoms with Crippen LogP contribution in [0.2, 0.25) is 0 Å². The first-order chi connectivity index (χ1) is 14.5. The van der Waals surface area contributed by atoms with Crippen LogP contribution in [0.25, 0.3) is 0 Å². The van der Waals surface area contributed by atoms with Gasteiger partial charge in [0.05, 0.1) is 18.4 Å². The number of carbonyl (C=O) groups excluding carboxylic acids is 1. The number of sulfonamides is 1. The number of nitrogens with zero attached hydrogens (tertiary/aromatic N) is 1. The Bertz CT molecular complexity index is 826. The first-order valence-corrected chi connectivity index (χ1v) is 11.1. The molecule has 0 radical (unpaired) electrons. The molecule has 12 nitrogen and oxygen atoms in total. The summed E-state index contributed by atoms with van der Waals surface area (Å²) >= 11 is 0. The normalized spacial score (nSPS) is 13.5. The molecule has 2 atom stereocenters. The molecule has 0 spiro atoms. The maximum absolute atomic E-state index is 11.2. The lowest BCUT2D eigenvalue weighted by atomic mass is 10.1. The number of unbranched alkanes of at least 4 members (excludes halogenated alkanes) is 1. The summed E-state index contributed by atoms with van der Waals surface area (Å²) in [5, 5.41) is 31.1. The number of hydrogen-bond acceptors (Lipinski definition) is 8. The summed E-state index contributed by atoms with van der Waals surface area (Å²) in [5.41, 5.74) is 12.4. The molecule has 0 saturated heterocycles. The number of aliphatic carboxylic acids is 1. The lowest BCUT2D eigenvalue weighted by Crippen LogP contribution is -2.44. The van der Waals surface area contributed by atoms with E-state index in [9.17, 15) is 18.0 Å². The molecule has 0 aromatic heterocycles. The molecule has 0 saturated carbocycles. The topological polar surface area (TPSA) is 217 Å². The van der Waals surface area contributed by atoms with E-state index in [4.69, 9.17) is 26.9 Å². The predicted octanol–water partition coefficient (Wildman–Crippen LogP) is -1.10. The molecule has 31 heavy (non-hydrogen) atoms. The summed E-state index contributed by atoms with van der Waals surface area (Å²) in [7, 11) is -3.59. The van der Waals surface area contributed by atoms with E-state index in [0.29, 0.717) is 24.9 Å². The van der Waals surface area contributed by atoms with Crippen molar-refractivity contribution in [3.63, 3.8) is 0 Å². The smallest absolute Gasteiger partial charge is 0.324 e. The van der Waals surface area contributed by atoms with E-state index in [1.165, 1.54) is 0 Å². The maximum atomic E-state index is 11.2. The van der Waals surface area contributed by atoms with Gasteiger partial charge in [0, 0.05) is 12.1 Å². The molecule has 1 rings (SSSR count). The number of nitrogens with two attached hydrogens (primary N) is 2. The number of benzene rings is 1. The van der Waals surface area contributed by atoms with Gasteiger partial charge >= 0.3 is 5.97 Å². The van der Waals surface area contributed by atoms with Crippen molar-refractivity contribution in [2.24, 2.45) is 16.6 Å². The zero-order chi connectivity index (χ0) is 24.0. The van der Waals surface area contributed by atoms with Crippen molar-refractivity contribution < 1.29 is 33.4 Å². The first-order valence-electron chi connectivity index (χ1n) is 9.41. The van der Waals surface area contributed by atoms with Gasteiger partial charge in [-0.3, -0.25) is 9.59 Å². The Hall–Kier alpha value is -2.74. The Morgan fingerprint density at radius 1 is 1.23 bits per heavy atom. The second-order valence-corrected chi connectivity index (χ2v) is 8.43. The summed E-state index contributed by atoms with van der Waals surface area (Å²) in [6.07, 6.45) is 1.17. The van der Waals surface area contributed by atoms with Crippen LogP contribution < -0.4 is 21.5 Å². The fourth-order valence-corrected chi connectivity index (χ4v) is 3.37. The van der Waals surface area contributed by atoms with Gasteiger partial charge in [0.2, 0.25) is 15.9 Å². The van der Waals surface area contributed by atoms with Gasteiger partial charge in [0.1, 0.15) is 6.04 Å². The van der Waals surface area contributed by atoms with Crippen molar-refractivity contribution in [1.82, 2.24) is 10.0 Å². The highest BCUT2D eigenvalue weighted by Crippen LogP contribution is 2.04. The molecule has 0 unspecified atom stereocenters. The highest BCUT2D eigenvalue weighted by atomic mass is 32.2. The lowest BCUT2D eigenvalue weighted by molar-refractivity contribution is -0.139. The second-order valence-electron chi connectivity index (χ2n) is 6.55. The maximum Gasteiger partial charge on any atom is 0.324 e. The van der Waals surface area contributed by atoms with Crippen molar-refractivity contribution in [1.29, 1.82) is 0 Å². The number of nitrogens with one attached hydrogen (secondary N) is 2. The van der Waals surface area contributed by atoms with E-state index in [1.54, 1.807) is 31.2 Å². The van der Waals surface area contributed by atoms with Crippen LogP contribution in [0.5, 0.6) is 0 Å². The molecule has 0 aliphatic rings. The van der Waals surface area contributed by atoms with Crippen molar-refractivity contribution >= 4 is 27.7 Å². The Labute approximate surface area is 181 Å². The van der Waals surface area contributed by atoms with Gasteiger partial charge in [-0.25, -0.2) is 8.42 Å². The first kappa shape index (κ1) is 28.3. The SMILES string of the molecule is CCCCS(=O)(=O)N[C@H](CO)C(=O)O.C[C@H](N)C(=O)NCc1ccc(C(N)=NO)cc1. The Morgan fingerprint density at radius 3 is 2.23 bits per heavy atom. The van der Waals surface area contributed by atoms with Gasteiger partial charge in [0.25, 0.3) is 0 Å². The van der Waals surface area contributed by atoms with Crippen LogP contribution in [0.1, 0.15) is 37.8 Å². The molecule has 9 N–H and O–H groups in total. The molecule has 0 aliphatic carbocycles. The average Bonchev–Trinajstić information content (AvgIpc) is 2.74. The zero-order valence-electron chi connectivity index (χ0n) is 17.5. The number of aliphatic hydroxyl groups excluding tert-OH is 1. The molecular weight excluding hydrogens is 430 g/mol. The van der Waals surface area contributed by atoms with Crippen LogP contribution in [0.15, 0.2) is 29.4 Å². The predicted molar refractivity (Wildman–Crippen MR) is 115 cm³/mol. The van der Waals surface area contributed by atoms with E-state index < -0.39 is 34.7 Å². The Kier molecular flexibility index (Phi) is 13.0. The highest BCUT2D eigenvalue weighted by molar-refractivity contribution is 7.89.